The fraction of sp³-hybridized carbons (Fsp3) is 0.350. The molecular weight excluding hydrogens is 327 g/mol. The molecule has 0 N–H and O–H groups in total. The quantitative estimate of drug-likeness (QED) is 0.729. The molecule has 0 atom stereocenters. The van der Waals surface area contributed by atoms with Gasteiger partial charge in [-0.1, -0.05) is 38.1 Å². The van der Waals surface area contributed by atoms with Crippen LogP contribution in [0.5, 0.6) is 0 Å². The lowest BCUT2D eigenvalue weighted by Gasteiger charge is -2.18. The number of benzene rings is 2. The van der Waals surface area contributed by atoms with E-state index in [9.17, 15) is 18.0 Å². The van der Waals surface area contributed by atoms with Crippen molar-refractivity contribution in [3.63, 3.8) is 0 Å². The van der Waals surface area contributed by atoms with E-state index in [2.05, 4.69) is 13.8 Å². The van der Waals surface area contributed by atoms with E-state index in [-0.39, 0.29) is 12.5 Å². The Morgan fingerprint density at radius 1 is 1.04 bits per heavy atom. The maximum atomic E-state index is 12.6. The zero-order chi connectivity index (χ0) is 18.6. The van der Waals surface area contributed by atoms with E-state index in [1.165, 1.54) is 17.0 Å². The van der Waals surface area contributed by atoms with E-state index in [1.54, 1.807) is 13.1 Å². The van der Waals surface area contributed by atoms with Crippen molar-refractivity contribution in [1.29, 1.82) is 0 Å². The number of carbonyl (C=O) groups excluding carboxylic acids is 1. The van der Waals surface area contributed by atoms with Gasteiger partial charge in [0.2, 0.25) is 0 Å². The lowest BCUT2D eigenvalue weighted by Crippen LogP contribution is -2.26. The molecule has 0 bridgehead atoms. The monoisotopic (exact) mass is 349 g/mol. The van der Waals surface area contributed by atoms with Crippen LogP contribution in [0.4, 0.5) is 13.2 Å². The van der Waals surface area contributed by atoms with Gasteiger partial charge in [0.15, 0.2) is 0 Å². The smallest absolute Gasteiger partial charge is 0.337 e. The van der Waals surface area contributed by atoms with E-state index < -0.39 is 11.7 Å². The largest absolute Gasteiger partial charge is 0.416 e. The summed E-state index contributed by atoms with van der Waals surface area (Å²) >= 11 is 0. The van der Waals surface area contributed by atoms with Crippen molar-refractivity contribution in [1.82, 2.24) is 4.90 Å². The zero-order valence-electron chi connectivity index (χ0n) is 14.6. The summed E-state index contributed by atoms with van der Waals surface area (Å²) in [6.07, 6.45) is -3.46. The maximum Gasteiger partial charge on any atom is 0.416 e. The van der Waals surface area contributed by atoms with E-state index in [4.69, 9.17) is 0 Å². The molecule has 0 spiro atoms. The fourth-order valence-electron chi connectivity index (χ4n) is 2.67. The van der Waals surface area contributed by atoms with Crippen molar-refractivity contribution < 1.29 is 18.0 Å². The molecule has 2 rings (SSSR count). The van der Waals surface area contributed by atoms with Crippen LogP contribution in [0.3, 0.4) is 0 Å². The van der Waals surface area contributed by atoms with Gasteiger partial charge in [-0.15, -0.1) is 0 Å². The van der Waals surface area contributed by atoms with E-state index >= 15 is 0 Å². The molecule has 5 heteroatoms. The first kappa shape index (κ1) is 19.0. The number of hydrogen-bond donors (Lipinski definition) is 0. The minimum atomic E-state index is -4.35. The Morgan fingerprint density at radius 2 is 1.68 bits per heavy atom. The number of nitrogens with zero attached hydrogens (tertiary/aromatic N) is 1. The highest BCUT2D eigenvalue weighted by Gasteiger charge is 2.30. The summed E-state index contributed by atoms with van der Waals surface area (Å²) in [5.74, 6) is 0.348. The summed E-state index contributed by atoms with van der Waals surface area (Å²) in [6, 6.07) is 12.4. The third-order valence-electron chi connectivity index (χ3n) is 3.87. The summed E-state index contributed by atoms with van der Waals surface area (Å²) in [7, 11) is 1.65. The van der Waals surface area contributed by atoms with Crippen LogP contribution in [-0.4, -0.2) is 17.9 Å². The summed E-state index contributed by atoms with van der Waals surface area (Å²) in [4.78, 5) is 14.1. The highest BCUT2D eigenvalue weighted by Crippen LogP contribution is 2.29. The lowest BCUT2D eigenvalue weighted by molar-refractivity contribution is -0.137. The van der Waals surface area contributed by atoms with Gasteiger partial charge in [0.25, 0.3) is 5.91 Å². The predicted molar refractivity (Wildman–Crippen MR) is 92.2 cm³/mol. The number of hydrogen-bond acceptors (Lipinski definition) is 1. The molecule has 0 fully saturated rings. The molecule has 0 radical (unpaired) electrons. The van der Waals surface area contributed by atoms with Gasteiger partial charge in [0.05, 0.1) is 5.56 Å². The van der Waals surface area contributed by atoms with Crippen LogP contribution >= 0.6 is 0 Å². The van der Waals surface area contributed by atoms with Crippen LogP contribution in [0.25, 0.3) is 0 Å². The van der Waals surface area contributed by atoms with Gasteiger partial charge in [-0.3, -0.25) is 4.79 Å². The average molecular weight is 349 g/mol. The maximum absolute atomic E-state index is 12.6. The third kappa shape index (κ3) is 5.34. The molecule has 0 unspecified atom stereocenters. The molecular formula is C20H22F3NO. The van der Waals surface area contributed by atoms with Crippen molar-refractivity contribution in [2.24, 2.45) is 5.92 Å². The molecule has 0 aliphatic rings. The van der Waals surface area contributed by atoms with Gasteiger partial charge in [-0.2, -0.15) is 13.2 Å². The Balaban J connectivity index is 2.07. The van der Waals surface area contributed by atoms with Gasteiger partial charge in [0.1, 0.15) is 0 Å². The topological polar surface area (TPSA) is 20.3 Å². The standard InChI is InChI=1S/C20H22F3NO/c1-14(2)11-16-5-4-6-17(12-16)19(25)24(3)13-15-7-9-18(10-8-15)20(21,22)23/h4-10,12,14H,11,13H2,1-3H3. The predicted octanol–water partition coefficient (Wildman–Crippen LogP) is 5.18. The van der Waals surface area contributed by atoms with Crippen molar-refractivity contribution in [2.45, 2.75) is 33.0 Å². The first-order valence-corrected chi connectivity index (χ1v) is 8.17. The minimum Gasteiger partial charge on any atom is -0.337 e. The first-order chi connectivity index (χ1) is 11.7. The molecule has 0 saturated carbocycles. The Labute approximate surface area is 146 Å². The van der Waals surface area contributed by atoms with Crippen molar-refractivity contribution >= 4 is 5.91 Å². The number of alkyl halides is 3. The number of amides is 1. The zero-order valence-corrected chi connectivity index (χ0v) is 14.6. The van der Waals surface area contributed by atoms with Crippen molar-refractivity contribution in [2.75, 3.05) is 7.05 Å². The number of rotatable bonds is 5. The highest BCUT2D eigenvalue weighted by molar-refractivity contribution is 5.94. The van der Waals surface area contributed by atoms with Gasteiger partial charge in [-0.05, 0) is 47.7 Å². The minimum absolute atomic E-state index is 0.148. The van der Waals surface area contributed by atoms with Crippen LogP contribution < -0.4 is 0 Å². The molecule has 0 aromatic heterocycles. The lowest BCUT2D eigenvalue weighted by atomic mass is 10.0. The fourth-order valence-corrected chi connectivity index (χ4v) is 2.67. The molecule has 0 heterocycles. The van der Waals surface area contributed by atoms with Crippen molar-refractivity contribution in [3.05, 3.63) is 70.8 Å². The van der Waals surface area contributed by atoms with Crippen LogP contribution in [0.2, 0.25) is 0 Å². The normalized spacial score (nSPS) is 11.6. The summed E-state index contributed by atoms with van der Waals surface area (Å²) < 4.78 is 37.8. The molecule has 134 valence electrons. The van der Waals surface area contributed by atoms with Gasteiger partial charge >= 0.3 is 6.18 Å². The third-order valence-corrected chi connectivity index (χ3v) is 3.87. The van der Waals surface area contributed by atoms with Crippen molar-refractivity contribution in [3.8, 4) is 0 Å². The van der Waals surface area contributed by atoms with E-state index in [0.717, 1.165) is 24.1 Å². The average Bonchev–Trinajstić information content (AvgIpc) is 2.53. The summed E-state index contributed by atoms with van der Waals surface area (Å²) in [5, 5.41) is 0. The van der Waals surface area contributed by atoms with Gasteiger partial charge in [0, 0.05) is 19.2 Å². The van der Waals surface area contributed by atoms with Crippen LogP contribution in [0, 0.1) is 5.92 Å². The second-order valence-electron chi connectivity index (χ2n) is 6.65. The molecule has 0 aliphatic carbocycles. The number of carbonyl (C=O) groups is 1. The molecule has 2 aromatic rings. The molecule has 1 amide bonds. The van der Waals surface area contributed by atoms with E-state index in [1.807, 2.05) is 18.2 Å². The SMILES string of the molecule is CC(C)Cc1cccc(C(=O)N(C)Cc2ccc(C(F)(F)F)cc2)c1. The molecule has 0 aliphatic heterocycles. The summed E-state index contributed by atoms with van der Waals surface area (Å²) in [6.45, 7) is 4.49. The Hall–Kier alpha value is -2.30. The van der Waals surface area contributed by atoms with Gasteiger partial charge in [-0.25, -0.2) is 0 Å². The molecule has 2 aromatic carbocycles. The van der Waals surface area contributed by atoms with Gasteiger partial charge < -0.3 is 4.90 Å². The Kier molecular flexibility index (Phi) is 5.88. The molecule has 2 nitrogen and oxygen atoms in total. The van der Waals surface area contributed by atoms with Crippen LogP contribution in [0.15, 0.2) is 48.5 Å². The summed E-state index contributed by atoms with van der Waals surface area (Å²) in [5.41, 5.74) is 1.66. The highest BCUT2D eigenvalue weighted by atomic mass is 19.4. The van der Waals surface area contributed by atoms with Crippen LogP contribution in [0.1, 0.15) is 40.9 Å². The molecule has 25 heavy (non-hydrogen) atoms. The van der Waals surface area contributed by atoms with E-state index in [0.29, 0.717) is 17.0 Å². The number of halogens is 3. The molecule has 0 saturated heterocycles. The second kappa shape index (κ2) is 7.72. The first-order valence-electron chi connectivity index (χ1n) is 8.17. The Morgan fingerprint density at radius 3 is 2.24 bits per heavy atom. The van der Waals surface area contributed by atoms with Crippen LogP contribution in [-0.2, 0) is 19.1 Å². The second-order valence-corrected chi connectivity index (χ2v) is 6.65. The Bertz CT molecular complexity index is 720.